The average Bonchev–Trinajstić information content (AvgIpc) is 2.83. The predicted octanol–water partition coefficient (Wildman–Crippen LogP) is 0.716. The van der Waals surface area contributed by atoms with Gasteiger partial charge in [-0.15, -0.1) is 0 Å². The minimum Gasteiger partial charge on any atom is -0.463 e. The van der Waals surface area contributed by atoms with Crippen molar-refractivity contribution in [3.8, 4) is 0 Å². The summed E-state index contributed by atoms with van der Waals surface area (Å²) >= 11 is 0. The molecule has 3 unspecified atom stereocenters. The number of rotatable bonds is 15. The highest BCUT2D eigenvalue weighted by Gasteiger charge is 2.17. The van der Waals surface area contributed by atoms with Crippen LogP contribution in [0.5, 0.6) is 0 Å². The van der Waals surface area contributed by atoms with E-state index >= 15 is 0 Å². The van der Waals surface area contributed by atoms with Crippen molar-refractivity contribution in [1.29, 1.82) is 0 Å². The van der Waals surface area contributed by atoms with Crippen LogP contribution in [0.15, 0.2) is 0 Å². The van der Waals surface area contributed by atoms with E-state index in [4.69, 9.17) is 28.4 Å². The summed E-state index contributed by atoms with van der Waals surface area (Å²) in [7, 11) is 0. The fourth-order valence-corrected chi connectivity index (χ4v) is 3.44. The van der Waals surface area contributed by atoms with E-state index in [2.05, 4.69) is 9.80 Å². The number of hydrogen-bond acceptors (Lipinski definition) is 10. The lowest BCUT2D eigenvalue weighted by molar-refractivity contribution is -0.155. The van der Waals surface area contributed by atoms with Crippen LogP contribution in [0.25, 0.3) is 0 Å². The molecule has 2 rings (SSSR count). The van der Waals surface area contributed by atoms with Crippen LogP contribution in [0.2, 0.25) is 0 Å². The van der Waals surface area contributed by atoms with Gasteiger partial charge < -0.3 is 28.4 Å². The first kappa shape index (κ1) is 27.9. The third-order valence-electron chi connectivity index (χ3n) is 5.51. The van der Waals surface area contributed by atoms with Gasteiger partial charge in [0.05, 0.1) is 64.7 Å². The summed E-state index contributed by atoms with van der Waals surface area (Å²) in [5.41, 5.74) is 0. The maximum absolute atomic E-state index is 12.0. The normalized spacial score (nSPS) is 20.7. The van der Waals surface area contributed by atoms with Gasteiger partial charge in [0.2, 0.25) is 0 Å². The minimum absolute atomic E-state index is 0.168. The third-order valence-corrected chi connectivity index (χ3v) is 5.51. The zero-order valence-corrected chi connectivity index (χ0v) is 20.5. The van der Waals surface area contributed by atoms with E-state index in [1.807, 2.05) is 20.8 Å². The Morgan fingerprint density at radius 3 is 1.70 bits per heavy atom. The summed E-state index contributed by atoms with van der Waals surface area (Å²) in [4.78, 5) is 28.3. The monoisotopic (exact) mass is 474 g/mol. The molecule has 0 N–H and O–H groups in total. The lowest BCUT2D eigenvalue weighted by atomic mass is 10.3. The van der Waals surface area contributed by atoms with E-state index in [1.54, 1.807) is 0 Å². The molecule has 2 aliphatic rings. The first-order valence-electron chi connectivity index (χ1n) is 12.1. The van der Waals surface area contributed by atoms with Gasteiger partial charge in [-0.05, 0) is 20.8 Å². The number of nitrogens with zero attached hydrogens (tertiary/aromatic N) is 2. The van der Waals surface area contributed by atoms with Crippen LogP contribution in [0.4, 0.5) is 0 Å². The van der Waals surface area contributed by atoms with Crippen molar-refractivity contribution in [3.63, 3.8) is 0 Å². The Hall–Kier alpha value is -1.30. The minimum atomic E-state index is -0.325. The van der Waals surface area contributed by atoms with Gasteiger partial charge in [-0.3, -0.25) is 19.4 Å². The fourth-order valence-electron chi connectivity index (χ4n) is 3.44. The van der Waals surface area contributed by atoms with Crippen molar-refractivity contribution in [2.24, 2.45) is 0 Å². The number of carbonyl (C=O) groups is 2. The molecule has 0 saturated carbocycles. The van der Waals surface area contributed by atoms with Crippen molar-refractivity contribution in [1.82, 2.24) is 9.80 Å². The Morgan fingerprint density at radius 1 is 0.697 bits per heavy atom. The lowest BCUT2D eigenvalue weighted by Crippen LogP contribution is -2.38. The molecule has 10 nitrogen and oxygen atoms in total. The summed E-state index contributed by atoms with van der Waals surface area (Å²) in [6, 6.07) is 0. The number of morpholine rings is 2. The molecule has 2 fully saturated rings. The van der Waals surface area contributed by atoms with Gasteiger partial charge in [0, 0.05) is 39.3 Å². The molecule has 2 aliphatic heterocycles. The Morgan fingerprint density at radius 2 is 1.15 bits per heavy atom. The van der Waals surface area contributed by atoms with Crippen LogP contribution >= 0.6 is 0 Å². The molecule has 0 aromatic heterocycles. The van der Waals surface area contributed by atoms with Crippen LogP contribution in [0.3, 0.4) is 0 Å². The number of ether oxygens (including phenoxy) is 6. The smallest absolute Gasteiger partial charge is 0.307 e. The Balaban J connectivity index is 1.46. The SMILES string of the molecule is CC(COC(=O)CCN1CCOCC1)OCC(C)OCC(C)OC(=O)CCN1CCOCC1. The van der Waals surface area contributed by atoms with Crippen molar-refractivity contribution in [2.75, 3.05) is 85.5 Å². The molecule has 2 saturated heterocycles. The summed E-state index contributed by atoms with van der Waals surface area (Å²) in [5.74, 6) is -0.434. The first-order chi connectivity index (χ1) is 15.9. The molecule has 3 atom stereocenters. The molecular weight excluding hydrogens is 432 g/mol. The first-order valence-corrected chi connectivity index (χ1v) is 12.1. The molecule has 0 aliphatic carbocycles. The van der Waals surface area contributed by atoms with Crippen molar-refractivity contribution in [3.05, 3.63) is 0 Å². The largest absolute Gasteiger partial charge is 0.463 e. The van der Waals surface area contributed by atoms with Crippen LogP contribution in [0, 0.1) is 0 Å². The number of carbonyl (C=O) groups excluding carboxylic acids is 2. The lowest BCUT2D eigenvalue weighted by Gasteiger charge is -2.26. The second-order valence-corrected chi connectivity index (χ2v) is 8.68. The van der Waals surface area contributed by atoms with Crippen LogP contribution in [-0.2, 0) is 38.0 Å². The zero-order valence-electron chi connectivity index (χ0n) is 20.5. The van der Waals surface area contributed by atoms with E-state index in [9.17, 15) is 9.59 Å². The van der Waals surface area contributed by atoms with Gasteiger partial charge in [-0.25, -0.2) is 0 Å². The van der Waals surface area contributed by atoms with Crippen LogP contribution < -0.4 is 0 Å². The topological polar surface area (TPSA) is 96.0 Å². The number of hydrogen-bond donors (Lipinski definition) is 0. The maximum atomic E-state index is 12.0. The van der Waals surface area contributed by atoms with Gasteiger partial charge in [-0.1, -0.05) is 0 Å². The van der Waals surface area contributed by atoms with Crippen LogP contribution in [-0.4, -0.2) is 126 Å². The van der Waals surface area contributed by atoms with Gasteiger partial charge >= 0.3 is 11.9 Å². The molecule has 0 radical (unpaired) electrons. The predicted molar refractivity (Wildman–Crippen MR) is 121 cm³/mol. The quantitative estimate of drug-likeness (QED) is 0.316. The molecule has 33 heavy (non-hydrogen) atoms. The van der Waals surface area contributed by atoms with Crippen LogP contribution in [0.1, 0.15) is 33.6 Å². The molecule has 0 aromatic carbocycles. The van der Waals surface area contributed by atoms with Crippen molar-refractivity contribution in [2.45, 2.75) is 51.9 Å². The Labute approximate surface area is 197 Å². The highest BCUT2D eigenvalue weighted by molar-refractivity contribution is 5.70. The highest BCUT2D eigenvalue weighted by atomic mass is 16.6. The molecule has 10 heteroatoms. The molecular formula is C23H42N2O8. The van der Waals surface area contributed by atoms with E-state index in [0.29, 0.717) is 39.1 Å². The maximum Gasteiger partial charge on any atom is 0.307 e. The summed E-state index contributed by atoms with van der Waals surface area (Å²) < 4.78 is 32.8. The summed E-state index contributed by atoms with van der Waals surface area (Å²) in [6.07, 6.45) is 0.0216. The van der Waals surface area contributed by atoms with Crippen molar-refractivity contribution < 1.29 is 38.0 Å². The second kappa shape index (κ2) is 16.3. The van der Waals surface area contributed by atoms with E-state index in [0.717, 1.165) is 52.6 Å². The molecule has 0 spiro atoms. The third kappa shape index (κ3) is 13.2. The van der Waals surface area contributed by atoms with Gasteiger partial charge in [-0.2, -0.15) is 0 Å². The molecule has 192 valence electrons. The standard InChI is InChI=1S/C23H42N2O8/c1-19(31-18-21(3)33-23(27)5-7-25-10-14-29-15-11-25)16-30-20(2)17-32-22(26)4-6-24-8-12-28-13-9-24/h19-21H,4-18H2,1-3H3. The summed E-state index contributed by atoms with van der Waals surface area (Å²) in [6.45, 7) is 14.1. The molecule has 0 amide bonds. The Bertz CT molecular complexity index is 553. The van der Waals surface area contributed by atoms with E-state index in [-0.39, 0.29) is 36.9 Å². The summed E-state index contributed by atoms with van der Waals surface area (Å²) in [5, 5.41) is 0. The molecule has 0 bridgehead atoms. The van der Waals surface area contributed by atoms with Gasteiger partial charge in [0.1, 0.15) is 12.7 Å². The van der Waals surface area contributed by atoms with E-state index < -0.39 is 0 Å². The average molecular weight is 475 g/mol. The van der Waals surface area contributed by atoms with Crippen molar-refractivity contribution >= 4 is 11.9 Å². The Kier molecular flexibility index (Phi) is 13.8. The van der Waals surface area contributed by atoms with Gasteiger partial charge in [0.15, 0.2) is 0 Å². The van der Waals surface area contributed by atoms with Gasteiger partial charge in [0.25, 0.3) is 0 Å². The zero-order chi connectivity index (χ0) is 23.9. The molecule has 2 heterocycles. The second-order valence-electron chi connectivity index (χ2n) is 8.68. The number of esters is 2. The molecule has 0 aromatic rings. The highest BCUT2D eigenvalue weighted by Crippen LogP contribution is 2.05. The van der Waals surface area contributed by atoms with E-state index in [1.165, 1.54) is 0 Å². The fraction of sp³-hybridized carbons (Fsp3) is 0.913.